The second-order valence-corrected chi connectivity index (χ2v) is 6.06. The first-order valence-electron chi connectivity index (χ1n) is 7.58. The van der Waals surface area contributed by atoms with E-state index in [1.54, 1.807) is 0 Å². The van der Waals surface area contributed by atoms with Crippen molar-refractivity contribution >= 4 is 39.6 Å². The molecular formula is C19H11ClN4. The zero-order valence-corrected chi connectivity index (χ0v) is 13.3. The van der Waals surface area contributed by atoms with Gasteiger partial charge in [-0.25, -0.2) is 15.0 Å². The number of benzene rings is 2. The smallest absolute Gasteiger partial charge is 0.198 e. The molecule has 0 fully saturated rings. The van der Waals surface area contributed by atoms with Crippen molar-refractivity contribution in [3.8, 4) is 11.1 Å². The van der Waals surface area contributed by atoms with E-state index in [0.29, 0.717) is 10.7 Å². The molecule has 0 saturated carbocycles. The molecule has 0 aliphatic rings. The molecule has 0 saturated heterocycles. The van der Waals surface area contributed by atoms with Crippen LogP contribution in [0.2, 0.25) is 5.02 Å². The minimum absolute atomic E-state index is 0.634. The summed E-state index contributed by atoms with van der Waals surface area (Å²) in [4.78, 5) is 13.9. The summed E-state index contributed by atoms with van der Waals surface area (Å²) in [6, 6.07) is 19.9. The Morgan fingerprint density at radius 1 is 0.750 bits per heavy atom. The molecule has 3 heterocycles. The summed E-state index contributed by atoms with van der Waals surface area (Å²) in [5.74, 6) is 0. The lowest BCUT2D eigenvalue weighted by atomic mass is 10.1. The van der Waals surface area contributed by atoms with Gasteiger partial charge in [0.1, 0.15) is 5.65 Å². The summed E-state index contributed by atoms with van der Waals surface area (Å²) < 4.78 is 1.95. The summed E-state index contributed by atoms with van der Waals surface area (Å²) in [6.45, 7) is 0. The topological polar surface area (TPSA) is 43.1 Å². The normalized spacial score (nSPS) is 11.5. The van der Waals surface area contributed by atoms with Crippen LogP contribution in [0.4, 0.5) is 0 Å². The number of hydrogen-bond donors (Lipinski definition) is 0. The Bertz CT molecular complexity index is 1210. The molecule has 0 radical (unpaired) electrons. The maximum Gasteiger partial charge on any atom is 0.198 e. The molecule has 5 aromatic rings. The number of pyridine rings is 1. The molecule has 5 rings (SSSR count). The Balaban J connectivity index is 1.79. The average Bonchev–Trinajstić information content (AvgIpc) is 2.97. The number of imidazole rings is 1. The lowest BCUT2D eigenvalue weighted by Crippen LogP contribution is -1.90. The molecule has 0 aliphatic heterocycles. The number of rotatable bonds is 1. The Morgan fingerprint density at radius 2 is 1.62 bits per heavy atom. The first-order chi connectivity index (χ1) is 11.8. The number of aromatic nitrogens is 4. The van der Waals surface area contributed by atoms with Crippen LogP contribution in [0.3, 0.4) is 0 Å². The maximum absolute atomic E-state index is 6.06. The molecule has 0 unspecified atom stereocenters. The van der Waals surface area contributed by atoms with E-state index in [-0.39, 0.29) is 0 Å². The second kappa shape index (κ2) is 5.01. The molecule has 24 heavy (non-hydrogen) atoms. The van der Waals surface area contributed by atoms with Crippen molar-refractivity contribution in [2.45, 2.75) is 0 Å². The first kappa shape index (κ1) is 13.5. The molecule has 114 valence electrons. The highest BCUT2D eigenvalue weighted by Crippen LogP contribution is 2.24. The fourth-order valence-electron chi connectivity index (χ4n) is 2.92. The van der Waals surface area contributed by atoms with Gasteiger partial charge in [0.05, 0.1) is 11.0 Å². The molecule has 2 aromatic carbocycles. The zero-order valence-electron chi connectivity index (χ0n) is 12.5. The Morgan fingerprint density at radius 3 is 2.50 bits per heavy atom. The van der Waals surface area contributed by atoms with E-state index in [0.717, 1.165) is 33.5 Å². The van der Waals surface area contributed by atoms with Crippen LogP contribution in [0.5, 0.6) is 0 Å². The number of hydrogen-bond acceptors (Lipinski definition) is 3. The van der Waals surface area contributed by atoms with Gasteiger partial charge in [0.2, 0.25) is 0 Å². The molecule has 0 atom stereocenters. The molecular weight excluding hydrogens is 320 g/mol. The van der Waals surface area contributed by atoms with Gasteiger partial charge in [-0.3, -0.25) is 4.40 Å². The summed E-state index contributed by atoms with van der Waals surface area (Å²) in [7, 11) is 0. The van der Waals surface area contributed by atoms with Crippen LogP contribution in [0.1, 0.15) is 0 Å². The number of halogens is 1. The molecule has 0 spiro atoms. The predicted octanol–water partition coefficient (Wildman–Crippen LogP) is 4.75. The minimum Gasteiger partial charge on any atom is -0.283 e. The Kier molecular flexibility index (Phi) is 2.81. The lowest BCUT2D eigenvalue weighted by molar-refractivity contribution is 1.19. The van der Waals surface area contributed by atoms with Gasteiger partial charge in [0, 0.05) is 11.2 Å². The molecule has 4 nitrogen and oxygen atoms in total. The van der Waals surface area contributed by atoms with Crippen molar-refractivity contribution in [2.75, 3.05) is 0 Å². The van der Waals surface area contributed by atoms with E-state index in [1.165, 1.54) is 0 Å². The lowest BCUT2D eigenvalue weighted by Gasteiger charge is -2.02. The van der Waals surface area contributed by atoms with E-state index in [9.17, 15) is 0 Å². The van der Waals surface area contributed by atoms with E-state index in [4.69, 9.17) is 11.6 Å². The molecule has 0 aliphatic carbocycles. The SMILES string of the molecule is Clc1ccc2nc3nc4cc(-c5ccccc5)ccn4c3nc2c1. The molecule has 0 N–H and O–H groups in total. The predicted molar refractivity (Wildman–Crippen MR) is 96.2 cm³/mol. The largest absolute Gasteiger partial charge is 0.283 e. The fraction of sp³-hybridized carbons (Fsp3) is 0. The van der Waals surface area contributed by atoms with Gasteiger partial charge >= 0.3 is 0 Å². The molecule has 0 amide bonds. The molecule has 0 bridgehead atoms. The highest BCUT2D eigenvalue weighted by atomic mass is 35.5. The van der Waals surface area contributed by atoms with Crippen LogP contribution in [0.15, 0.2) is 66.9 Å². The second-order valence-electron chi connectivity index (χ2n) is 5.63. The Labute approximate surface area is 142 Å². The van der Waals surface area contributed by atoms with Crippen LogP contribution in [0.25, 0.3) is 39.1 Å². The van der Waals surface area contributed by atoms with Gasteiger partial charge in [0.25, 0.3) is 0 Å². The maximum atomic E-state index is 6.06. The monoisotopic (exact) mass is 330 g/mol. The van der Waals surface area contributed by atoms with Crippen LogP contribution < -0.4 is 0 Å². The van der Waals surface area contributed by atoms with E-state index in [1.807, 2.05) is 47.0 Å². The standard InChI is InChI=1S/C19H11ClN4/c20-14-6-7-15-16(11-14)22-19-18(21-15)23-17-10-13(8-9-24(17)19)12-4-2-1-3-5-12/h1-11H. The quantitative estimate of drug-likeness (QED) is 0.445. The highest BCUT2D eigenvalue weighted by molar-refractivity contribution is 6.31. The summed E-state index contributed by atoms with van der Waals surface area (Å²) in [5.41, 5.74) is 6.03. The fourth-order valence-corrected chi connectivity index (χ4v) is 3.08. The van der Waals surface area contributed by atoms with Crippen LogP contribution in [0, 0.1) is 0 Å². The Hall–Kier alpha value is -2.98. The summed E-state index contributed by atoms with van der Waals surface area (Å²) >= 11 is 6.06. The van der Waals surface area contributed by atoms with Crippen molar-refractivity contribution in [3.05, 3.63) is 71.9 Å². The summed E-state index contributed by atoms with van der Waals surface area (Å²) in [6.07, 6.45) is 1.98. The van der Waals surface area contributed by atoms with Crippen molar-refractivity contribution in [1.82, 2.24) is 19.4 Å². The van der Waals surface area contributed by atoms with Crippen molar-refractivity contribution in [1.29, 1.82) is 0 Å². The zero-order chi connectivity index (χ0) is 16.1. The number of nitrogens with zero attached hydrogens (tertiary/aromatic N) is 4. The first-order valence-corrected chi connectivity index (χ1v) is 7.96. The van der Waals surface area contributed by atoms with Gasteiger partial charge in [-0.1, -0.05) is 41.9 Å². The number of fused-ring (bicyclic) bond motifs is 4. The van der Waals surface area contributed by atoms with Gasteiger partial charge in [0.15, 0.2) is 11.3 Å². The highest BCUT2D eigenvalue weighted by Gasteiger charge is 2.10. The average molecular weight is 331 g/mol. The summed E-state index contributed by atoms with van der Waals surface area (Å²) in [5, 5.41) is 0.649. The van der Waals surface area contributed by atoms with Crippen molar-refractivity contribution in [2.24, 2.45) is 0 Å². The molecule has 5 heteroatoms. The third kappa shape index (κ3) is 2.04. The third-order valence-corrected chi connectivity index (χ3v) is 4.32. The minimum atomic E-state index is 0.634. The van der Waals surface area contributed by atoms with E-state index >= 15 is 0 Å². The van der Waals surface area contributed by atoms with Gasteiger partial charge in [-0.05, 0) is 41.5 Å². The third-order valence-electron chi connectivity index (χ3n) is 4.08. The van der Waals surface area contributed by atoms with Gasteiger partial charge in [-0.2, -0.15) is 0 Å². The van der Waals surface area contributed by atoms with E-state index in [2.05, 4.69) is 39.2 Å². The van der Waals surface area contributed by atoms with Crippen LogP contribution in [-0.4, -0.2) is 19.4 Å². The van der Waals surface area contributed by atoms with Gasteiger partial charge in [-0.15, -0.1) is 0 Å². The van der Waals surface area contributed by atoms with Crippen LogP contribution >= 0.6 is 11.6 Å². The van der Waals surface area contributed by atoms with Gasteiger partial charge < -0.3 is 0 Å². The van der Waals surface area contributed by atoms with E-state index < -0.39 is 0 Å². The molecule has 3 aromatic heterocycles. The van der Waals surface area contributed by atoms with Crippen molar-refractivity contribution in [3.63, 3.8) is 0 Å². The van der Waals surface area contributed by atoms with Crippen molar-refractivity contribution < 1.29 is 0 Å². The van der Waals surface area contributed by atoms with Crippen LogP contribution in [-0.2, 0) is 0 Å².